The first-order valence-electron chi connectivity index (χ1n) is 6.87. The van der Waals surface area contributed by atoms with Gasteiger partial charge in [-0.1, -0.05) is 12.5 Å². The Labute approximate surface area is 118 Å². The second kappa shape index (κ2) is 5.41. The monoisotopic (exact) mass is 276 g/mol. The number of pyridine rings is 1. The fourth-order valence-electron chi connectivity index (χ4n) is 2.72. The summed E-state index contributed by atoms with van der Waals surface area (Å²) in [5.74, 6) is 0.761. The van der Waals surface area contributed by atoms with Crippen molar-refractivity contribution in [3.63, 3.8) is 0 Å². The minimum atomic E-state index is 0.518. The number of aryl methyl sites for hydroxylation is 1. The van der Waals surface area contributed by atoms with E-state index in [4.69, 9.17) is 0 Å². The summed E-state index contributed by atoms with van der Waals surface area (Å²) in [4.78, 5) is 4.53. The number of hydrogen-bond donors (Lipinski definition) is 1. The molecule has 102 valence electrons. The Hall–Kier alpha value is -1.23. The predicted octanol–water partition coefficient (Wildman–Crippen LogP) is 3.12. The maximum Gasteiger partial charge on any atom is 0.243 e. The van der Waals surface area contributed by atoms with Crippen LogP contribution in [0.1, 0.15) is 31.2 Å². The van der Waals surface area contributed by atoms with Gasteiger partial charge in [0.25, 0.3) is 0 Å². The first-order chi connectivity index (χ1) is 9.24. The number of nitrogens with one attached hydrogen (secondary N) is 1. The summed E-state index contributed by atoms with van der Waals surface area (Å²) in [6.45, 7) is 2.07. The van der Waals surface area contributed by atoms with Gasteiger partial charge in [-0.25, -0.2) is 4.52 Å². The molecular formula is C14H20N4S. The van der Waals surface area contributed by atoms with Crippen LogP contribution in [0.4, 0.5) is 5.95 Å². The van der Waals surface area contributed by atoms with Crippen LogP contribution in [0.15, 0.2) is 18.3 Å². The largest absolute Gasteiger partial charge is 0.350 e. The van der Waals surface area contributed by atoms with Crippen molar-refractivity contribution in [2.24, 2.45) is 0 Å². The van der Waals surface area contributed by atoms with Crippen molar-refractivity contribution in [2.75, 3.05) is 11.6 Å². The average molecular weight is 276 g/mol. The Kier molecular flexibility index (Phi) is 3.64. The smallest absolute Gasteiger partial charge is 0.243 e. The van der Waals surface area contributed by atoms with Gasteiger partial charge >= 0.3 is 0 Å². The topological polar surface area (TPSA) is 42.2 Å². The number of nitrogens with zero attached hydrogens (tertiary/aromatic N) is 3. The molecule has 0 bridgehead atoms. The maximum atomic E-state index is 4.53. The van der Waals surface area contributed by atoms with E-state index < -0.39 is 0 Å². The van der Waals surface area contributed by atoms with Crippen molar-refractivity contribution in [1.82, 2.24) is 14.6 Å². The molecule has 1 fully saturated rings. The molecule has 2 unspecified atom stereocenters. The standard InChI is InChI=1S/C14H20N4S/c1-10-6-7-13-16-14(17-18(13)9-10)15-11-4-3-5-12(8-11)19-2/h6-7,9,11-12H,3-5,8H2,1-2H3,(H,15,17). The summed E-state index contributed by atoms with van der Waals surface area (Å²) >= 11 is 1.98. The molecule has 1 N–H and O–H groups in total. The van der Waals surface area contributed by atoms with Crippen LogP contribution in [-0.2, 0) is 0 Å². The number of rotatable bonds is 3. The minimum Gasteiger partial charge on any atom is -0.350 e. The van der Waals surface area contributed by atoms with E-state index in [1.807, 2.05) is 28.5 Å². The van der Waals surface area contributed by atoms with E-state index in [1.165, 1.54) is 31.2 Å². The van der Waals surface area contributed by atoms with Crippen molar-refractivity contribution in [3.05, 3.63) is 23.9 Å². The van der Waals surface area contributed by atoms with Crippen LogP contribution in [0.2, 0.25) is 0 Å². The first-order valence-corrected chi connectivity index (χ1v) is 8.16. The third-order valence-corrected chi connectivity index (χ3v) is 4.87. The third kappa shape index (κ3) is 2.86. The Morgan fingerprint density at radius 3 is 3.11 bits per heavy atom. The molecule has 2 aromatic heterocycles. The molecule has 2 atom stereocenters. The van der Waals surface area contributed by atoms with Gasteiger partial charge in [0.2, 0.25) is 5.95 Å². The normalized spacial score (nSPS) is 23.7. The quantitative estimate of drug-likeness (QED) is 0.935. The zero-order valence-electron chi connectivity index (χ0n) is 11.5. The molecule has 0 amide bonds. The molecule has 0 spiro atoms. The molecule has 0 aromatic carbocycles. The summed E-state index contributed by atoms with van der Waals surface area (Å²) in [5.41, 5.74) is 2.11. The van der Waals surface area contributed by atoms with E-state index in [2.05, 4.69) is 34.6 Å². The van der Waals surface area contributed by atoms with Crippen LogP contribution in [0.3, 0.4) is 0 Å². The molecule has 1 aliphatic rings. The van der Waals surface area contributed by atoms with Crippen LogP contribution in [0.25, 0.3) is 5.65 Å². The number of thioether (sulfide) groups is 1. The lowest BCUT2D eigenvalue weighted by Crippen LogP contribution is -2.28. The van der Waals surface area contributed by atoms with Crippen molar-refractivity contribution in [1.29, 1.82) is 0 Å². The molecule has 3 rings (SSSR count). The first kappa shape index (κ1) is 12.8. The Balaban J connectivity index is 1.74. The lowest BCUT2D eigenvalue weighted by Gasteiger charge is -2.28. The lowest BCUT2D eigenvalue weighted by molar-refractivity contribution is 0.471. The van der Waals surface area contributed by atoms with Gasteiger partial charge < -0.3 is 5.32 Å². The highest BCUT2D eigenvalue weighted by molar-refractivity contribution is 7.99. The minimum absolute atomic E-state index is 0.518. The van der Waals surface area contributed by atoms with Gasteiger partial charge in [0, 0.05) is 17.5 Å². The van der Waals surface area contributed by atoms with Gasteiger partial charge in [0.1, 0.15) is 0 Å². The number of anilines is 1. The van der Waals surface area contributed by atoms with Gasteiger partial charge in [0.15, 0.2) is 5.65 Å². The summed E-state index contributed by atoms with van der Waals surface area (Å²) in [7, 11) is 0. The zero-order valence-corrected chi connectivity index (χ0v) is 12.3. The highest BCUT2D eigenvalue weighted by Gasteiger charge is 2.22. The van der Waals surface area contributed by atoms with E-state index in [-0.39, 0.29) is 0 Å². The van der Waals surface area contributed by atoms with E-state index >= 15 is 0 Å². The van der Waals surface area contributed by atoms with Gasteiger partial charge in [0.05, 0.1) is 0 Å². The zero-order chi connectivity index (χ0) is 13.2. The fourth-order valence-corrected chi connectivity index (χ4v) is 3.55. The summed E-state index contributed by atoms with van der Waals surface area (Å²) < 4.78 is 1.85. The van der Waals surface area contributed by atoms with Crippen molar-refractivity contribution in [3.8, 4) is 0 Å². The molecule has 1 aliphatic carbocycles. The van der Waals surface area contributed by atoms with Crippen molar-refractivity contribution >= 4 is 23.4 Å². The molecule has 0 saturated heterocycles. The predicted molar refractivity (Wildman–Crippen MR) is 80.9 cm³/mol. The van der Waals surface area contributed by atoms with E-state index in [1.54, 1.807) is 0 Å². The average Bonchev–Trinajstić information content (AvgIpc) is 2.80. The maximum absolute atomic E-state index is 4.53. The second-order valence-electron chi connectivity index (χ2n) is 5.31. The van der Waals surface area contributed by atoms with Gasteiger partial charge in [-0.15, -0.1) is 5.10 Å². The third-order valence-electron chi connectivity index (χ3n) is 3.77. The second-order valence-corrected chi connectivity index (χ2v) is 6.45. The van der Waals surface area contributed by atoms with Crippen LogP contribution in [0, 0.1) is 6.92 Å². The lowest BCUT2D eigenvalue weighted by atomic mass is 9.95. The van der Waals surface area contributed by atoms with E-state index in [0.29, 0.717) is 6.04 Å². The van der Waals surface area contributed by atoms with E-state index in [0.717, 1.165) is 16.8 Å². The van der Waals surface area contributed by atoms with Crippen LogP contribution < -0.4 is 5.32 Å². The van der Waals surface area contributed by atoms with E-state index in [9.17, 15) is 0 Å². The molecule has 5 heteroatoms. The molecule has 1 saturated carbocycles. The SMILES string of the molecule is CSC1CCCC(Nc2nc3ccc(C)cn3n2)C1. The summed E-state index contributed by atoms with van der Waals surface area (Å²) in [6.07, 6.45) is 9.31. The van der Waals surface area contributed by atoms with Crippen LogP contribution >= 0.6 is 11.8 Å². The summed E-state index contributed by atoms with van der Waals surface area (Å²) in [5, 5.41) is 8.79. The van der Waals surface area contributed by atoms with Crippen LogP contribution in [-0.4, -0.2) is 32.1 Å². The molecular weight excluding hydrogens is 256 g/mol. The highest BCUT2D eigenvalue weighted by Crippen LogP contribution is 2.28. The molecule has 2 aromatic rings. The Bertz CT molecular complexity index is 566. The number of hydrogen-bond acceptors (Lipinski definition) is 4. The van der Waals surface area contributed by atoms with Crippen molar-refractivity contribution < 1.29 is 0 Å². The molecule has 0 radical (unpaired) electrons. The number of aromatic nitrogens is 3. The Morgan fingerprint density at radius 1 is 1.37 bits per heavy atom. The van der Waals surface area contributed by atoms with Gasteiger partial charge in [-0.05, 0) is 44.1 Å². The van der Waals surface area contributed by atoms with Crippen LogP contribution in [0.5, 0.6) is 0 Å². The van der Waals surface area contributed by atoms with Crippen molar-refractivity contribution in [2.45, 2.75) is 43.9 Å². The molecule has 19 heavy (non-hydrogen) atoms. The number of fused-ring (bicyclic) bond motifs is 1. The summed E-state index contributed by atoms with van der Waals surface area (Å²) in [6, 6.07) is 4.60. The fraction of sp³-hybridized carbons (Fsp3) is 0.571. The van der Waals surface area contributed by atoms with Gasteiger partial charge in [-0.2, -0.15) is 16.7 Å². The highest BCUT2D eigenvalue weighted by atomic mass is 32.2. The Morgan fingerprint density at radius 2 is 2.26 bits per heavy atom. The molecule has 0 aliphatic heterocycles. The molecule has 4 nitrogen and oxygen atoms in total. The molecule has 2 heterocycles. The van der Waals surface area contributed by atoms with Gasteiger partial charge in [-0.3, -0.25) is 0 Å².